The molecule has 1 N–H and O–H groups in total. The maximum absolute atomic E-state index is 13.4. The van der Waals surface area contributed by atoms with Crippen LogP contribution in [0.15, 0.2) is 66.1 Å². The van der Waals surface area contributed by atoms with Gasteiger partial charge >= 0.3 is 0 Å². The Kier molecular flexibility index (Phi) is 6.85. The normalized spacial score (nSPS) is 15.6. The second-order valence-corrected chi connectivity index (χ2v) is 10.4. The zero-order valence-corrected chi connectivity index (χ0v) is 23.0. The third-order valence-electron chi connectivity index (χ3n) is 7.66. The highest BCUT2D eigenvalue weighted by Crippen LogP contribution is 2.32. The molecule has 1 fully saturated rings. The maximum Gasteiger partial charge on any atom is 0.278 e. The average molecular weight is 539 g/mol. The summed E-state index contributed by atoms with van der Waals surface area (Å²) in [5.41, 5.74) is 4.99. The molecule has 4 heterocycles. The van der Waals surface area contributed by atoms with Crippen molar-refractivity contribution >= 4 is 40.0 Å². The summed E-state index contributed by atoms with van der Waals surface area (Å²) in [6, 6.07) is 14.1. The number of amides is 1. The molecule has 2 aliphatic heterocycles. The van der Waals surface area contributed by atoms with Crippen molar-refractivity contribution in [2.45, 2.75) is 26.3 Å². The van der Waals surface area contributed by atoms with Crippen molar-refractivity contribution in [1.82, 2.24) is 24.2 Å². The van der Waals surface area contributed by atoms with Crippen LogP contribution in [0.5, 0.6) is 0 Å². The molecule has 0 aliphatic carbocycles. The van der Waals surface area contributed by atoms with E-state index >= 15 is 0 Å². The fourth-order valence-electron chi connectivity index (χ4n) is 5.53. The third kappa shape index (κ3) is 4.64. The largest absolute Gasteiger partial charge is 0.369 e. The Morgan fingerprint density at radius 3 is 2.50 bits per heavy atom. The maximum atomic E-state index is 13.4. The predicted molar refractivity (Wildman–Crippen MR) is 159 cm³/mol. The average Bonchev–Trinajstić information content (AvgIpc) is 3.42. The lowest BCUT2D eigenvalue weighted by molar-refractivity contribution is -0.117. The molecule has 1 saturated heterocycles. The van der Waals surface area contributed by atoms with Crippen molar-refractivity contribution < 1.29 is 4.79 Å². The highest BCUT2D eigenvalue weighted by molar-refractivity contribution is 6.01. The molecule has 1 amide bonds. The summed E-state index contributed by atoms with van der Waals surface area (Å²) < 4.78 is 3.40. The number of hydrogen-bond acceptors (Lipinski definition) is 7. The summed E-state index contributed by atoms with van der Waals surface area (Å²) in [4.78, 5) is 41.8. The van der Waals surface area contributed by atoms with Gasteiger partial charge in [0.15, 0.2) is 5.65 Å². The number of carbonyl (C=O) groups excluding carboxylic acids is 1. The third-order valence-corrected chi connectivity index (χ3v) is 7.66. The first-order valence-electron chi connectivity index (χ1n) is 13.8. The lowest BCUT2D eigenvalue weighted by Gasteiger charge is -2.34. The van der Waals surface area contributed by atoms with Crippen LogP contribution in [0.1, 0.15) is 18.9 Å². The van der Waals surface area contributed by atoms with E-state index in [1.807, 2.05) is 35.2 Å². The monoisotopic (exact) mass is 538 g/mol. The molecule has 206 valence electrons. The minimum absolute atomic E-state index is 0.0994. The fraction of sp³-hybridized carbons (Fsp3) is 0.333. The number of likely N-dealkylation sites (N-methyl/N-ethyl adjacent to an activating group) is 1. The molecule has 0 unspecified atom stereocenters. The van der Waals surface area contributed by atoms with Crippen molar-refractivity contribution in [2.24, 2.45) is 0 Å². The van der Waals surface area contributed by atoms with Crippen LogP contribution >= 0.6 is 0 Å². The minimum atomic E-state index is -0.194. The Bertz CT molecular complexity index is 1630. The topological polar surface area (TPSA) is 91.5 Å². The summed E-state index contributed by atoms with van der Waals surface area (Å²) >= 11 is 0. The number of allylic oxidation sites excluding steroid dienone is 1. The lowest BCUT2D eigenvalue weighted by Crippen LogP contribution is -2.44. The van der Waals surface area contributed by atoms with Gasteiger partial charge in [0.25, 0.3) is 5.56 Å². The summed E-state index contributed by atoms with van der Waals surface area (Å²) in [7, 11) is 2.15. The number of hydrogen-bond donors (Lipinski definition) is 1. The van der Waals surface area contributed by atoms with Gasteiger partial charge in [0.05, 0.1) is 18.7 Å². The molecular formula is C30H34N8O2. The van der Waals surface area contributed by atoms with Crippen LogP contribution in [0.3, 0.4) is 0 Å². The molecule has 6 rings (SSSR count). The van der Waals surface area contributed by atoms with Crippen LogP contribution < -0.4 is 20.7 Å². The number of piperazine rings is 1. The number of carbonyl (C=O) groups is 1. The molecule has 0 bridgehead atoms. The Morgan fingerprint density at radius 2 is 1.77 bits per heavy atom. The van der Waals surface area contributed by atoms with E-state index in [2.05, 4.69) is 52.8 Å². The van der Waals surface area contributed by atoms with Crippen molar-refractivity contribution in [3.8, 4) is 5.69 Å². The van der Waals surface area contributed by atoms with Gasteiger partial charge < -0.3 is 20.0 Å². The van der Waals surface area contributed by atoms with Crippen molar-refractivity contribution in [3.05, 3.63) is 77.2 Å². The Hall–Kier alpha value is -4.44. The molecule has 10 heteroatoms. The second kappa shape index (κ2) is 10.6. The lowest BCUT2D eigenvalue weighted by atomic mass is 10.1. The number of fused-ring (bicyclic) bond motifs is 2. The standard InChI is InChI=1S/C30H34N8O2/c1-4-12-36-26-19-24(9-6-21(26)18-27(36)39)38-28-25(29(40)37(38)13-5-2)20-31-30(33-28)32-22-7-10-23(11-8-22)35-16-14-34(3)15-17-35/h5-11,19-20H,2,4,12-18H2,1,3H3,(H,31,32,33). The number of aromatic nitrogens is 4. The molecule has 4 aromatic rings. The number of anilines is 4. The number of rotatable bonds is 8. The first-order valence-corrected chi connectivity index (χ1v) is 13.8. The number of nitrogens with one attached hydrogen (secondary N) is 1. The second-order valence-electron chi connectivity index (χ2n) is 10.4. The molecule has 0 spiro atoms. The van der Waals surface area contributed by atoms with E-state index in [1.165, 1.54) is 5.69 Å². The van der Waals surface area contributed by atoms with Gasteiger partial charge in [0.1, 0.15) is 5.39 Å². The van der Waals surface area contributed by atoms with E-state index < -0.39 is 0 Å². The molecule has 2 aliphatic rings. The van der Waals surface area contributed by atoms with E-state index in [0.717, 1.165) is 55.2 Å². The smallest absolute Gasteiger partial charge is 0.278 e. The summed E-state index contributed by atoms with van der Waals surface area (Å²) in [6.45, 7) is 11.0. The molecule has 0 radical (unpaired) electrons. The van der Waals surface area contributed by atoms with Gasteiger partial charge in [-0.1, -0.05) is 19.1 Å². The molecule has 0 saturated carbocycles. The van der Waals surface area contributed by atoms with E-state index in [4.69, 9.17) is 4.98 Å². The highest BCUT2D eigenvalue weighted by Gasteiger charge is 2.28. The Morgan fingerprint density at radius 1 is 1.02 bits per heavy atom. The molecule has 2 aromatic heterocycles. The predicted octanol–water partition coefficient (Wildman–Crippen LogP) is 3.56. The minimum Gasteiger partial charge on any atom is -0.369 e. The van der Waals surface area contributed by atoms with Crippen LogP contribution in [0.4, 0.5) is 23.0 Å². The zero-order valence-electron chi connectivity index (χ0n) is 23.0. The van der Waals surface area contributed by atoms with E-state index in [0.29, 0.717) is 36.5 Å². The number of benzene rings is 2. The summed E-state index contributed by atoms with van der Waals surface area (Å²) in [5, 5.41) is 3.71. The Labute approximate surface area is 233 Å². The van der Waals surface area contributed by atoms with Crippen LogP contribution in [0, 0.1) is 0 Å². The molecule has 10 nitrogen and oxygen atoms in total. The van der Waals surface area contributed by atoms with Gasteiger partial charge in [-0.05, 0) is 55.4 Å². The Balaban J connectivity index is 1.35. The van der Waals surface area contributed by atoms with Crippen LogP contribution in [0.2, 0.25) is 0 Å². The quantitative estimate of drug-likeness (QED) is 0.343. The van der Waals surface area contributed by atoms with Crippen LogP contribution in [-0.4, -0.2) is 69.9 Å². The van der Waals surface area contributed by atoms with E-state index in [9.17, 15) is 9.59 Å². The highest BCUT2D eigenvalue weighted by atomic mass is 16.2. The van der Waals surface area contributed by atoms with Gasteiger partial charge in [-0.3, -0.25) is 9.59 Å². The van der Waals surface area contributed by atoms with Gasteiger partial charge in [-0.2, -0.15) is 4.98 Å². The van der Waals surface area contributed by atoms with Crippen molar-refractivity contribution in [2.75, 3.05) is 54.9 Å². The molecule has 0 atom stereocenters. The molecule has 2 aromatic carbocycles. The number of nitrogens with zero attached hydrogens (tertiary/aromatic N) is 7. The zero-order chi connectivity index (χ0) is 27.8. The van der Waals surface area contributed by atoms with Gasteiger partial charge in [-0.15, -0.1) is 6.58 Å². The van der Waals surface area contributed by atoms with Gasteiger partial charge in [0.2, 0.25) is 11.9 Å². The SMILES string of the molecule is C=CCn1c(=O)c2cnc(Nc3ccc(N4CCN(C)CC4)cc3)nc2n1-c1ccc2c(c1)N(CCC)C(=O)C2. The van der Waals surface area contributed by atoms with E-state index in [-0.39, 0.29) is 11.5 Å². The van der Waals surface area contributed by atoms with Gasteiger partial charge in [-0.25, -0.2) is 14.3 Å². The van der Waals surface area contributed by atoms with Crippen molar-refractivity contribution in [3.63, 3.8) is 0 Å². The fourth-order valence-corrected chi connectivity index (χ4v) is 5.53. The van der Waals surface area contributed by atoms with Crippen molar-refractivity contribution in [1.29, 1.82) is 0 Å². The van der Waals surface area contributed by atoms with Gasteiger partial charge in [0, 0.05) is 56.0 Å². The molecule has 40 heavy (non-hydrogen) atoms. The first-order chi connectivity index (χ1) is 19.5. The summed E-state index contributed by atoms with van der Waals surface area (Å²) in [5.74, 6) is 0.496. The first kappa shape index (κ1) is 25.8. The van der Waals surface area contributed by atoms with Crippen LogP contribution in [0.25, 0.3) is 16.7 Å². The van der Waals surface area contributed by atoms with Crippen LogP contribution in [-0.2, 0) is 17.8 Å². The van der Waals surface area contributed by atoms with E-state index in [1.54, 1.807) is 21.6 Å². The molecular weight excluding hydrogens is 504 g/mol. The summed E-state index contributed by atoms with van der Waals surface area (Å²) in [6.07, 6.45) is 4.51.